The van der Waals surface area contributed by atoms with Gasteiger partial charge in [-0.3, -0.25) is 15.0 Å². The molecule has 1 aliphatic rings. The first-order chi connectivity index (χ1) is 10.1. The van der Waals surface area contributed by atoms with E-state index in [4.69, 9.17) is 4.74 Å². The number of para-hydroxylation sites is 1. The fourth-order valence-corrected chi connectivity index (χ4v) is 2.99. The Morgan fingerprint density at radius 2 is 2.19 bits per heavy atom. The number of hydrogen-bond donors (Lipinski definition) is 1. The molecule has 0 aromatic heterocycles. The van der Waals surface area contributed by atoms with E-state index in [1.54, 1.807) is 12.1 Å². The maximum absolute atomic E-state index is 11.3. The SMILES string of the molecule is CNCC1OCCN(C(C)C)C1c1ccccc1[N+](=O)[O-]. The molecule has 2 rings (SSSR count). The zero-order chi connectivity index (χ0) is 15.4. The maximum atomic E-state index is 11.3. The van der Waals surface area contributed by atoms with Gasteiger partial charge in [0.25, 0.3) is 5.69 Å². The minimum Gasteiger partial charge on any atom is -0.374 e. The molecule has 1 aromatic rings. The fourth-order valence-electron chi connectivity index (χ4n) is 2.99. The molecule has 2 atom stereocenters. The van der Waals surface area contributed by atoms with E-state index in [0.717, 1.165) is 12.1 Å². The average molecular weight is 293 g/mol. The minimum absolute atomic E-state index is 0.0905. The quantitative estimate of drug-likeness (QED) is 0.664. The molecule has 1 fully saturated rings. The second-order valence-electron chi connectivity index (χ2n) is 5.56. The summed E-state index contributed by atoms with van der Waals surface area (Å²) in [4.78, 5) is 13.3. The average Bonchev–Trinajstić information content (AvgIpc) is 2.47. The number of likely N-dealkylation sites (N-methyl/N-ethyl adjacent to an activating group) is 1. The lowest BCUT2D eigenvalue weighted by Gasteiger charge is -2.43. The van der Waals surface area contributed by atoms with Crippen molar-refractivity contribution in [3.63, 3.8) is 0 Å². The molecule has 0 bridgehead atoms. The third-order valence-electron chi connectivity index (χ3n) is 3.91. The molecule has 21 heavy (non-hydrogen) atoms. The summed E-state index contributed by atoms with van der Waals surface area (Å²) in [6.45, 7) is 6.34. The van der Waals surface area contributed by atoms with Gasteiger partial charge in [-0.25, -0.2) is 0 Å². The van der Waals surface area contributed by atoms with Crippen LogP contribution in [0.2, 0.25) is 0 Å². The van der Waals surface area contributed by atoms with Gasteiger partial charge in [-0.2, -0.15) is 0 Å². The summed E-state index contributed by atoms with van der Waals surface area (Å²) in [6, 6.07) is 7.17. The molecule has 1 aliphatic heterocycles. The second kappa shape index (κ2) is 6.98. The predicted molar refractivity (Wildman–Crippen MR) is 81.3 cm³/mol. The number of nitro benzene ring substituents is 1. The summed E-state index contributed by atoms with van der Waals surface area (Å²) in [5.74, 6) is 0. The number of nitrogens with zero attached hydrogens (tertiary/aromatic N) is 2. The number of nitrogens with one attached hydrogen (secondary N) is 1. The molecule has 1 saturated heterocycles. The summed E-state index contributed by atoms with van der Waals surface area (Å²) in [7, 11) is 1.87. The van der Waals surface area contributed by atoms with Gasteiger partial charge in [0, 0.05) is 30.8 Å². The predicted octanol–water partition coefficient (Wildman–Crippen LogP) is 1.96. The maximum Gasteiger partial charge on any atom is 0.274 e. The van der Waals surface area contributed by atoms with Crippen LogP contribution >= 0.6 is 0 Å². The Hall–Kier alpha value is -1.50. The Morgan fingerprint density at radius 1 is 1.48 bits per heavy atom. The highest BCUT2D eigenvalue weighted by Gasteiger charge is 2.37. The fraction of sp³-hybridized carbons (Fsp3) is 0.600. The van der Waals surface area contributed by atoms with Crippen molar-refractivity contribution in [1.29, 1.82) is 0 Å². The van der Waals surface area contributed by atoms with Gasteiger partial charge in [-0.05, 0) is 20.9 Å². The second-order valence-corrected chi connectivity index (χ2v) is 5.56. The topological polar surface area (TPSA) is 67.6 Å². The molecule has 0 amide bonds. The lowest BCUT2D eigenvalue weighted by atomic mass is 9.95. The van der Waals surface area contributed by atoms with Crippen LogP contribution in [0.5, 0.6) is 0 Å². The summed E-state index contributed by atoms with van der Waals surface area (Å²) < 4.78 is 5.87. The molecule has 1 heterocycles. The number of rotatable bonds is 5. The molecule has 1 aromatic carbocycles. The van der Waals surface area contributed by atoms with Crippen LogP contribution in [-0.2, 0) is 4.74 Å². The summed E-state index contributed by atoms with van der Waals surface area (Å²) in [5, 5.41) is 14.5. The Kier molecular flexibility index (Phi) is 5.27. The first-order valence-corrected chi connectivity index (χ1v) is 7.31. The van der Waals surface area contributed by atoms with Crippen LogP contribution in [0.1, 0.15) is 25.5 Å². The van der Waals surface area contributed by atoms with Crippen molar-refractivity contribution in [2.75, 3.05) is 26.7 Å². The molecule has 0 saturated carbocycles. The van der Waals surface area contributed by atoms with Gasteiger partial charge in [-0.15, -0.1) is 0 Å². The summed E-state index contributed by atoms with van der Waals surface area (Å²) >= 11 is 0. The van der Waals surface area contributed by atoms with E-state index < -0.39 is 0 Å². The van der Waals surface area contributed by atoms with Gasteiger partial charge >= 0.3 is 0 Å². The van der Waals surface area contributed by atoms with Crippen LogP contribution in [0.3, 0.4) is 0 Å². The van der Waals surface area contributed by atoms with Crippen molar-refractivity contribution in [2.24, 2.45) is 0 Å². The molecular formula is C15H23N3O3. The molecule has 0 aliphatic carbocycles. The number of nitro groups is 1. The van der Waals surface area contributed by atoms with Gasteiger partial charge in [0.05, 0.1) is 23.7 Å². The van der Waals surface area contributed by atoms with Gasteiger partial charge in [0.1, 0.15) is 0 Å². The van der Waals surface area contributed by atoms with Crippen LogP contribution in [0, 0.1) is 10.1 Å². The van der Waals surface area contributed by atoms with Crippen molar-refractivity contribution >= 4 is 5.69 Å². The molecule has 6 nitrogen and oxygen atoms in total. The Bertz CT molecular complexity index is 491. The highest BCUT2D eigenvalue weighted by atomic mass is 16.6. The highest BCUT2D eigenvalue weighted by Crippen LogP contribution is 2.35. The van der Waals surface area contributed by atoms with Gasteiger partial charge < -0.3 is 10.1 Å². The third-order valence-corrected chi connectivity index (χ3v) is 3.91. The normalized spacial score (nSPS) is 23.4. The van der Waals surface area contributed by atoms with Crippen LogP contribution in [0.25, 0.3) is 0 Å². The van der Waals surface area contributed by atoms with Crippen molar-refractivity contribution in [3.8, 4) is 0 Å². The van der Waals surface area contributed by atoms with Crippen molar-refractivity contribution in [2.45, 2.75) is 32.0 Å². The summed E-state index contributed by atoms with van der Waals surface area (Å²) in [5.41, 5.74) is 0.899. The van der Waals surface area contributed by atoms with Crippen molar-refractivity contribution in [1.82, 2.24) is 10.2 Å². The molecule has 2 unspecified atom stereocenters. The van der Waals surface area contributed by atoms with Crippen molar-refractivity contribution < 1.29 is 9.66 Å². The Labute approximate surface area is 125 Å². The van der Waals surface area contributed by atoms with E-state index in [2.05, 4.69) is 24.1 Å². The van der Waals surface area contributed by atoms with Crippen LogP contribution in [-0.4, -0.2) is 48.7 Å². The lowest BCUT2D eigenvalue weighted by Crippen LogP contribution is -2.51. The first-order valence-electron chi connectivity index (χ1n) is 7.31. The zero-order valence-corrected chi connectivity index (χ0v) is 12.8. The van der Waals surface area contributed by atoms with E-state index in [1.807, 2.05) is 19.2 Å². The third kappa shape index (κ3) is 3.40. The van der Waals surface area contributed by atoms with E-state index >= 15 is 0 Å². The van der Waals surface area contributed by atoms with Gasteiger partial charge in [-0.1, -0.05) is 18.2 Å². The molecule has 6 heteroatoms. The highest BCUT2D eigenvalue weighted by molar-refractivity contribution is 5.43. The molecular weight excluding hydrogens is 270 g/mol. The number of benzene rings is 1. The monoisotopic (exact) mass is 293 g/mol. The van der Waals surface area contributed by atoms with Crippen LogP contribution in [0.4, 0.5) is 5.69 Å². The smallest absolute Gasteiger partial charge is 0.274 e. The van der Waals surface area contributed by atoms with Crippen molar-refractivity contribution in [3.05, 3.63) is 39.9 Å². The Balaban J connectivity index is 2.44. The largest absolute Gasteiger partial charge is 0.374 e. The summed E-state index contributed by atoms with van der Waals surface area (Å²) in [6.07, 6.45) is -0.0905. The molecule has 0 radical (unpaired) electrons. The van der Waals surface area contributed by atoms with Gasteiger partial charge in [0.15, 0.2) is 0 Å². The lowest BCUT2D eigenvalue weighted by molar-refractivity contribution is -0.386. The molecule has 0 spiro atoms. The van der Waals surface area contributed by atoms with Crippen LogP contribution in [0.15, 0.2) is 24.3 Å². The number of hydrogen-bond acceptors (Lipinski definition) is 5. The van der Waals surface area contributed by atoms with E-state index in [1.165, 1.54) is 0 Å². The zero-order valence-electron chi connectivity index (χ0n) is 12.8. The first kappa shape index (κ1) is 15.9. The van der Waals surface area contributed by atoms with E-state index in [0.29, 0.717) is 19.2 Å². The number of morpholine rings is 1. The standard InChI is InChI=1S/C15H23N3O3/c1-11(2)17-8-9-21-14(10-16-3)15(17)12-6-4-5-7-13(12)18(19)20/h4-7,11,14-16H,8-10H2,1-3H3. The minimum atomic E-state index is -0.307. The number of ether oxygens (including phenoxy) is 1. The van der Waals surface area contributed by atoms with Crippen LogP contribution < -0.4 is 5.32 Å². The molecule has 1 N–H and O–H groups in total. The van der Waals surface area contributed by atoms with Gasteiger partial charge in [0.2, 0.25) is 0 Å². The molecule has 116 valence electrons. The Morgan fingerprint density at radius 3 is 2.81 bits per heavy atom. The van der Waals surface area contributed by atoms with E-state index in [9.17, 15) is 10.1 Å². The van der Waals surface area contributed by atoms with E-state index in [-0.39, 0.29) is 22.8 Å².